The van der Waals surface area contributed by atoms with Crippen LogP contribution in [-0.4, -0.2) is 10.7 Å². The monoisotopic (exact) mass is 201 g/mol. The van der Waals surface area contributed by atoms with Crippen molar-refractivity contribution < 1.29 is 0 Å². The minimum absolute atomic E-state index is 0.926. The molecule has 0 spiro atoms. The summed E-state index contributed by atoms with van der Waals surface area (Å²) in [5, 5.41) is 1.20. The van der Waals surface area contributed by atoms with Crippen LogP contribution in [0.4, 0.5) is 0 Å². The van der Waals surface area contributed by atoms with E-state index in [4.69, 9.17) is 0 Å². The van der Waals surface area contributed by atoms with E-state index in [1.165, 1.54) is 10.3 Å². The lowest BCUT2D eigenvalue weighted by molar-refractivity contribution is 1.35. The van der Waals surface area contributed by atoms with Crippen LogP contribution >= 0.6 is 11.8 Å². The summed E-state index contributed by atoms with van der Waals surface area (Å²) in [5.41, 5.74) is 1.09. The lowest BCUT2D eigenvalue weighted by Gasteiger charge is -2.02. The first-order valence-corrected chi connectivity index (χ1v) is 5.48. The molecule has 2 heteroatoms. The average molecular weight is 201 g/mol. The molecule has 0 radical (unpaired) electrons. The van der Waals surface area contributed by atoms with E-state index in [0.29, 0.717) is 0 Å². The third-order valence-corrected chi connectivity index (χ3v) is 3.00. The summed E-state index contributed by atoms with van der Waals surface area (Å²) in [6.07, 6.45) is 3.74. The third kappa shape index (κ3) is 1.80. The van der Waals surface area contributed by atoms with Gasteiger partial charge in [0.15, 0.2) is 0 Å². The smallest absolute Gasteiger partial charge is 0.0837 e. The molecule has 0 amide bonds. The predicted octanol–water partition coefficient (Wildman–Crippen LogP) is 3.51. The molecule has 1 aromatic heterocycles. The molecule has 0 saturated heterocycles. The van der Waals surface area contributed by atoms with Gasteiger partial charge in [0.05, 0.1) is 5.52 Å². The lowest BCUT2D eigenvalue weighted by atomic mass is 10.2. The van der Waals surface area contributed by atoms with Gasteiger partial charge in [-0.15, -0.1) is 18.3 Å². The van der Waals surface area contributed by atoms with Crippen molar-refractivity contribution in [1.29, 1.82) is 0 Å². The number of nitrogens with zero attached hydrogens (tertiary/aromatic N) is 1. The van der Waals surface area contributed by atoms with Gasteiger partial charge in [0.25, 0.3) is 0 Å². The van der Waals surface area contributed by atoms with Crippen molar-refractivity contribution in [3.8, 4) is 0 Å². The molecule has 1 aromatic carbocycles. The zero-order valence-electron chi connectivity index (χ0n) is 7.81. The number of aromatic nitrogens is 1. The Morgan fingerprint density at radius 2 is 2.14 bits per heavy atom. The van der Waals surface area contributed by atoms with E-state index in [1.807, 2.05) is 18.3 Å². The maximum atomic E-state index is 4.38. The summed E-state index contributed by atoms with van der Waals surface area (Å²) in [4.78, 5) is 5.60. The molecule has 0 fully saturated rings. The Balaban J connectivity index is 2.48. The molecule has 0 aliphatic carbocycles. The molecule has 70 valence electrons. The molecule has 0 saturated carbocycles. The number of hydrogen-bond acceptors (Lipinski definition) is 2. The number of fused-ring (bicyclic) bond motifs is 1. The van der Waals surface area contributed by atoms with Crippen LogP contribution in [0.3, 0.4) is 0 Å². The minimum Gasteiger partial charge on any atom is -0.255 e. The third-order valence-electron chi connectivity index (χ3n) is 1.95. The van der Waals surface area contributed by atoms with Gasteiger partial charge in [-0.1, -0.05) is 24.3 Å². The number of benzene rings is 1. The van der Waals surface area contributed by atoms with Crippen molar-refractivity contribution in [3.63, 3.8) is 0 Å². The summed E-state index contributed by atoms with van der Waals surface area (Å²) < 4.78 is 0. The highest BCUT2D eigenvalue weighted by molar-refractivity contribution is 7.99. The fraction of sp³-hybridized carbons (Fsp3) is 0.0833. The Hall–Kier alpha value is -1.28. The maximum Gasteiger partial charge on any atom is 0.0837 e. The molecule has 1 nitrogen and oxygen atoms in total. The summed E-state index contributed by atoms with van der Waals surface area (Å²) >= 11 is 1.77. The van der Waals surface area contributed by atoms with E-state index in [-0.39, 0.29) is 0 Å². The number of hydrogen-bond donors (Lipinski definition) is 0. The molecule has 2 aromatic rings. The molecule has 0 bridgehead atoms. The highest BCUT2D eigenvalue weighted by atomic mass is 32.2. The van der Waals surface area contributed by atoms with Crippen LogP contribution in [0, 0.1) is 0 Å². The van der Waals surface area contributed by atoms with Crippen LogP contribution in [0.2, 0.25) is 0 Å². The standard InChI is InChI=1S/C12H11NS/c1-2-9-14-11-7-3-5-10-6-4-8-13-12(10)11/h2-8H,1,9H2. The van der Waals surface area contributed by atoms with Gasteiger partial charge in [0.1, 0.15) is 0 Å². The topological polar surface area (TPSA) is 12.9 Å². The van der Waals surface area contributed by atoms with Gasteiger partial charge >= 0.3 is 0 Å². The highest BCUT2D eigenvalue weighted by Gasteiger charge is 2.00. The molecule has 0 aliphatic rings. The summed E-state index contributed by atoms with van der Waals surface area (Å²) in [6, 6.07) is 10.3. The number of para-hydroxylation sites is 1. The molecular formula is C12H11NS. The van der Waals surface area contributed by atoms with Crippen molar-refractivity contribution in [3.05, 3.63) is 49.2 Å². The van der Waals surface area contributed by atoms with Crippen LogP contribution < -0.4 is 0 Å². The van der Waals surface area contributed by atoms with Gasteiger partial charge in [-0.25, -0.2) is 0 Å². The van der Waals surface area contributed by atoms with Gasteiger partial charge < -0.3 is 0 Å². The SMILES string of the molecule is C=CCSc1cccc2cccnc12. The zero-order chi connectivity index (χ0) is 9.80. The van der Waals surface area contributed by atoms with Crippen LogP contribution in [0.1, 0.15) is 0 Å². The van der Waals surface area contributed by atoms with E-state index in [1.54, 1.807) is 11.8 Å². The normalized spacial score (nSPS) is 10.3. The Bertz CT molecular complexity index is 446. The first-order chi connectivity index (χ1) is 6.92. The van der Waals surface area contributed by atoms with Crippen molar-refractivity contribution in [2.75, 3.05) is 5.75 Å². The Kier molecular flexibility index (Phi) is 2.84. The number of rotatable bonds is 3. The Labute approximate surface area is 87.9 Å². The van der Waals surface area contributed by atoms with E-state index in [0.717, 1.165) is 11.3 Å². The summed E-state index contributed by atoms with van der Waals surface area (Å²) in [7, 11) is 0. The van der Waals surface area contributed by atoms with Crippen LogP contribution in [0.15, 0.2) is 54.1 Å². The van der Waals surface area contributed by atoms with Gasteiger partial charge in [-0.05, 0) is 12.1 Å². The quantitative estimate of drug-likeness (QED) is 0.556. The van der Waals surface area contributed by atoms with Crippen LogP contribution in [0.5, 0.6) is 0 Å². The van der Waals surface area contributed by atoms with Crippen molar-refractivity contribution in [1.82, 2.24) is 4.98 Å². The molecule has 1 heterocycles. The van der Waals surface area contributed by atoms with E-state index >= 15 is 0 Å². The number of thioether (sulfide) groups is 1. The lowest BCUT2D eigenvalue weighted by Crippen LogP contribution is -1.81. The molecule has 14 heavy (non-hydrogen) atoms. The molecule has 0 atom stereocenters. The number of pyridine rings is 1. The van der Waals surface area contributed by atoms with Gasteiger partial charge in [-0.3, -0.25) is 4.98 Å². The van der Waals surface area contributed by atoms with Gasteiger partial charge in [-0.2, -0.15) is 0 Å². The van der Waals surface area contributed by atoms with Crippen molar-refractivity contribution in [2.45, 2.75) is 4.90 Å². The van der Waals surface area contributed by atoms with E-state index in [2.05, 4.69) is 35.8 Å². The van der Waals surface area contributed by atoms with Crippen molar-refractivity contribution >= 4 is 22.7 Å². The van der Waals surface area contributed by atoms with Crippen LogP contribution in [0.25, 0.3) is 10.9 Å². The average Bonchev–Trinajstić information content (AvgIpc) is 2.26. The largest absolute Gasteiger partial charge is 0.255 e. The molecule has 0 aliphatic heterocycles. The Morgan fingerprint density at radius 3 is 3.00 bits per heavy atom. The van der Waals surface area contributed by atoms with Gasteiger partial charge in [0.2, 0.25) is 0 Å². The second-order valence-electron chi connectivity index (χ2n) is 2.93. The minimum atomic E-state index is 0.926. The fourth-order valence-electron chi connectivity index (χ4n) is 1.34. The molecule has 2 rings (SSSR count). The summed E-state index contributed by atoms with van der Waals surface area (Å²) in [6.45, 7) is 3.71. The van der Waals surface area contributed by atoms with E-state index in [9.17, 15) is 0 Å². The fourth-order valence-corrected chi connectivity index (χ4v) is 2.12. The highest BCUT2D eigenvalue weighted by Crippen LogP contribution is 2.25. The Morgan fingerprint density at radius 1 is 1.29 bits per heavy atom. The van der Waals surface area contributed by atoms with E-state index < -0.39 is 0 Å². The molecule has 0 N–H and O–H groups in total. The maximum absolute atomic E-state index is 4.38. The van der Waals surface area contributed by atoms with Crippen molar-refractivity contribution in [2.24, 2.45) is 0 Å². The second-order valence-corrected chi connectivity index (χ2v) is 3.99. The van der Waals surface area contributed by atoms with Crippen LogP contribution in [-0.2, 0) is 0 Å². The predicted molar refractivity (Wildman–Crippen MR) is 62.7 cm³/mol. The molecular weight excluding hydrogens is 190 g/mol. The zero-order valence-corrected chi connectivity index (χ0v) is 8.63. The second kappa shape index (κ2) is 4.29. The van der Waals surface area contributed by atoms with Gasteiger partial charge in [0, 0.05) is 22.2 Å². The first-order valence-electron chi connectivity index (χ1n) is 4.49. The summed E-state index contributed by atoms with van der Waals surface area (Å²) in [5.74, 6) is 0.926. The molecule has 0 unspecified atom stereocenters. The first kappa shape index (κ1) is 9.28.